The van der Waals surface area contributed by atoms with Gasteiger partial charge in [-0.2, -0.15) is 16.8 Å². The van der Waals surface area contributed by atoms with Crippen LogP contribution in [0.2, 0.25) is 0 Å². The fourth-order valence-corrected chi connectivity index (χ4v) is 4.60. The summed E-state index contributed by atoms with van der Waals surface area (Å²) < 4.78 is 19.7. The number of carbonyl (C=O) groups is 1. The number of para-hydroxylation sites is 1. The highest BCUT2D eigenvalue weighted by atomic mass is 32.2. The highest BCUT2D eigenvalue weighted by Crippen LogP contribution is 2.37. The monoisotopic (exact) mass is 412 g/mol. The van der Waals surface area contributed by atoms with Crippen LogP contribution in [-0.2, 0) is 6.54 Å². The van der Waals surface area contributed by atoms with Crippen molar-refractivity contribution in [3.8, 4) is 11.5 Å². The van der Waals surface area contributed by atoms with Crippen molar-refractivity contribution in [2.24, 2.45) is 4.99 Å². The van der Waals surface area contributed by atoms with Crippen LogP contribution in [0.5, 0.6) is 11.5 Å². The molecule has 0 N–H and O–H groups in total. The van der Waals surface area contributed by atoms with Crippen LogP contribution in [0, 0.1) is 0 Å². The quantitative estimate of drug-likeness (QED) is 0.500. The number of amides is 1. The maximum Gasteiger partial charge on any atom is 0.315 e. The number of hydrogen-bond donors (Lipinski definition) is 0. The molecule has 1 aliphatic heterocycles. The Morgan fingerprint density at radius 3 is 2.86 bits per heavy atom. The number of nitrogens with zero attached hydrogens (tertiary/aromatic N) is 2. The molecule has 8 heteroatoms. The largest absolute Gasteiger partial charge is 0.454 e. The summed E-state index contributed by atoms with van der Waals surface area (Å²) >= 11 is 3.20. The molecule has 6 nitrogen and oxygen atoms in total. The topological polar surface area (TPSA) is 66.0 Å². The molecule has 1 aliphatic rings. The number of aryl methyl sites for hydroxylation is 1. The number of benzene rings is 2. The van der Waals surface area contributed by atoms with Gasteiger partial charge in [-0.25, -0.2) is 0 Å². The molecule has 0 bridgehead atoms. The smallest absolute Gasteiger partial charge is 0.315 e. The fraction of sp³-hybridized carbons (Fsp3) is 0.200. The molecule has 3 heterocycles. The normalized spacial score (nSPS) is 13.7. The van der Waals surface area contributed by atoms with Gasteiger partial charge in [-0.15, -0.1) is 0 Å². The molecule has 5 rings (SSSR count). The van der Waals surface area contributed by atoms with Crippen LogP contribution >= 0.6 is 23.1 Å². The number of furan rings is 1. The first-order valence-corrected chi connectivity index (χ1v) is 10.9. The number of ether oxygens (including phenoxy) is 2. The summed E-state index contributed by atoms with van der Waals surface area (Å²) in [4.78, 5) is 17.8. The molecule has 0 unspecified atom stereocenters. The number of thiazole rings is 1. The molecule has 1 amide bonds. The van der Waals surface area contributed by atoms with Crippen molar-refractivity contribution in [1.29, 1.82) is 0 Å². The second-order valence-corrected chi connectivity index (χ2v) is 8.26. The Hall–Kier alpha value is -2.71. The summed E-state index contributed by atoms with van der Waals surface area (Å²) in [5.74, 6) is 2.20. The summed E-state index contributed by atoms with van der Waals surface area (Å²) in [6.45, 7) is 0.978. The molecule has 2 aromatic heterocycles. The van der Waals surface area contributed by atoms with Gasteiger partial charge in [-0.05, 0) is 18.4 Å². The minimum absolute atomic E-state index is 0.235. The molecule has 0 fully saturated rings. The van der Waals surface area contributed by atoms with Crippen LogP contribution in [0.4, 0.5) is 0 Å². The Kier molecular flexibility index (Phi) is 4.37. The Morgan fingerprint density at radius 1 is 1.21 bits per heavy atom. The Balaban J connectivity index is 1.62. The van der Waals surface area contributed by atoms with Gasteiger partial charge in [0.25, 0.3) is 0 Å². The van der Waals surface area contributed by atoms with E-state index in [1.807, 2.05) is 36.4 Å². The van der Waals surface area contributed by atoms with E-state index in [0.29, 0.717) is 10.4 Å². The maximum absolute atomic E-state index is 12.8. The first kappa shape index (κ1) is 17.4. The zero-order chi connectivity index (χ0) is 19.1. The Bertz CT molecular complexity index is 1240. The number of aromatic nitrogens is 1. The second-order valence-electron chi connectivity index (χ2n) is 6.27. The van der Waals surface area contributed by atoms with Crippen LogP contribution < -0.4 is 14.3 Å². The van der Waals surface area contributed by atoms with Crippen molar-refractivity contribution in [1.82, 2.24) is 4.57 Å². The molecule has 142 valence electrons. The lowest BCUT2D eigenvalue weighted by molar-refractivity contribution is 0.0973. The van der Waals surface area contributed by atoms with E-state index in [2.05, 4.69) is 15.8 Å². The van der Waals surface area contributed by atoms with E-state index in [9.17, 15) is 4.79 Å². The van der Waals surface area contributed by atoms with Crippen LogP contribution in [0.3, 0.4) is 0 Å². The van der Waals surface area contributed by atoms with Gasteiger partial charge in [0.1, 0.15) is 5.58 Å². The maximum atomic E-state index is 12.8. The third-order valence-corrected chi connectivity index (χ3v) is 6.16. The average molecular weight is 412 g/mol. The van der Waals surface area contributed by atoms with E-state index in [-0.39, 0.29) is 18.5 Å². The SMILES string of the molecule is CSCCn1c(=NC(=O)c2cc3ccccc3o2)sc2cc3c(cc21)OCO3. The summed E-state index contributed by atoms with van der Waals surface area (Å²) in [6.07, 6.45) is 2.06. The number of fused-ring (bicyclic) bond motifs is 3. The van der Waals surface area contributed by atoms with Crippen LogP contribution in [0.25, 0.3) is 21.2 Å². The standard InChI is InChI=1S/C20H16N2O4S2/c1-27-7-6-22-13-9-15-16(25-11-24-15)10-18(13)28-20(22)21-19(23)17-8-12-4-2-3-5-14(12)26-17/h2-5,8-10H,6-7,11H2,1H3. The van der Waals surface area contributed by atoms with Crippen molar-refractivity contribution < 1.29 is 18.7 Å². The molecule has 2 aromatic carbocycles. The van der Waals surface area contributed by atoms with E-state index in [0.717, 1.165) is 39.4 Å². The minimum Gasteiger partial charge on any atom is -0.454 e. The Labute approximate surface area is 168 Å². The zero-order valence-corrected chi connectivity index (χ0v) is 16.6. The fourth-order valence-electron chi connectivity index (χ4n) is 3.17. The van der Waals surface area contributed by atoms with Gasteiger partial charge >= 0.3 is 5.91 Å². The van der Waals surface area contributed by atoms with Gasteiger partial charge in [0.15, 0.2) is 22.1 Å². The van der Waals surface area contributed by atoms with Crippen molar-refractivity contribution in [3.05, 3.63) is 53.0 Å². The van der Waals surface area contributed by atoms with Crippen molar-refractivity contribution in [2.45, 2.75) is 6.54 Å². The van der Waals surface area contributed by atoms with E-state index in [4.69, 9.17) is 13.9 Å². The summed E-state index contributed by atoms with van der Waals surface area (Å²) in [7, 11) is 0. The predicted molar refractivity (Wildman–Crippen MR) is 110 cm³/mol. The summed E-state index contributed by atoms with van der Waals surface area (Å²) in [5.41, 5.74) is 1.66. The molecular weight excluding hydrogens is 396 g/mol. The third kappa shape index (κ3) is 2.98. The number of rotatable bonds is 4. The van der Waals surface area contributed by atoms with Crippen LogP contribution in [-0.4, -0.2) is 29.3 Å². The van der Waals surface area contributed by atoms with E-state index in [1.54, 1.807) is 17.8 Å². The lowest BCUT2D eigenvalue weighted by atomic mass is 10.2. The molecular formula is C20H16N2O4S2. The predicted octanol–water partition coefficient (Wildman–Crippen LogP) is 4.28. The first-order chi connectivity index (χ1) is 13.7. The lowest BCUT2D eigenvalue weighted by Crippen LogP contribution is -2.18. The van der Waals surface area contributed by atoms with Gasteiger partial charge in [0.2, 0.25) is 6.79 Å². The molecule has 4 aromatic rings. The van der Waals surface area contributed by atoms with Crippen molar-refractivity contribution in [2.75, 3.05) is 18.8 Å². The first-order valence-electron chi connectivity index (χ1n) is 8.72. The molecule has 0 saturated heterocycles. The highest BCUT2D eigenvalue weighted by Gasteiger charge is 2.18. The number of thioether (sulfide) groups is 1. The van der Waals surface area contributed by atoms with Crippen LogP contribution in [0.1, 0.15) is 10.6 Å². The van der Waals surface area contributed by atoms with Crippen LogP contribution in [0.15, 0.2) is 51.9 Å². The Morgan fingerprint density at radius 2 is 2.04 bits per heavy atom. The van der Waals surface area contributed by atoms with Gasteiger partial charge in [0, 0.05) is 29.8 Å². The number of hydrogen-bond acceptors (Lipinski definition) is 6. The lowest BCUT2D eigenvalue weighted by Gasteiger charge is -2.04. The van der Waals surface area contributed by atoms with E-state index >= 15 is 0 Å². The van der Waals surface area contributed by atoms with Gasteiger partial charge in [0.05, 0.1) is 10.2 Å². The van der Waals surface area contributed by atoms with Crippen molar-refractivity contribution >= 4 is 50.2 Å². The summed E-state index contributed by atoms with van der Waals surface area (Å²) in [5, 5.41) is 0.887. The summed E-state index contributed by atoms with van der Waals surface area (Å²) in [6, 6.07) is 13.2. The van der Waals surface area contributed by atoms with E-state index in [1.165, 1.54) is 11.3 Å². The van der Waals surface area contributed by atoms with Crippen molar-refractivity contribution in [3.63, 3.8) is 0 Å². The molecule has 28 heavy (non-hydrogen) atoms. The zero-order valence-electron chi connectivity index (χ0n) is 15.0. The van der Waals surface area contributed by atoms with Gasteiger partial charge < -0.3 is 18.5 Å². The van der Waals surface area contributed by atoms with Gasteiger partial charge in [-0.3, -0.25) is 4.79 Å². The highest BCUT2D eigenvalue weighted by molar-refractivity contribution is 7.98. The molecule has 0 radical (unpaired) electrons. The second kappa shape index (κ2) is 7.03. The minimum atomic E-state index is -0.388. The third-order valence-electron chi connectivity index (χ3n) is 4.53. The molecule has 0 spiro atoms. The molecule has 0 aliphatic carbocycles. The van der Waals surface area contributed by atoms with Gasteiger partial charge in [-0.1, -0.05) is 29.5 Å². The average Bonchev–Trinajstić information content (AvgIpc) is 3.40. The molecule has 0 saturated carbocycles. The number of carbonyl (C=O) groups excluding carboxylic acids is 1. The molecule has 0 atom stereocenters. The van der Waals surface area contributed by atoms with E-state index < -0.39 is 0 Å².